The smallest absolute Gasteiger partial charge is 0.326 e. The van der Waals surface area contributed by atoms with Gasteiger partial charge in [-0.2, -0.15) is 0 Å². The van der Waals surface area contributed by atoms with Crippen molar-refractivity contribution in [1.82, 2.24) is 15.5 Å². The van der Waals surface area contributed by atoms with Crippen molar-refractivity contribution in [2.24, 2.45) is 11.5 Å². The zero-order valence-corrected chi connectivity index (χ0v) is 19.9. The molecule has 34 heavy (non-hydrogen) atoms. The lowest BCUT2D eigenvalue weighted by atomic mass is 10.0. The quantitative estimate of drug-likeness (QED) is 0.114. The summed E-state index contributed by atoms with van der Waals surface area (Å²) in [5, 5.41) is 21.3. The van der Waals surface area contributed by atoms with E-state index in [1.54, 1.807) is 0 Å². The average molecular weight is 497 g/mol. The van der Waals surface area contributed by atoms with Gasteiger partial charge in [0.25, 0.3) is 0 Å². The normalized spacial score (nSPS) is 16.4. The van der Waals surface area contributed by atoms with Crippen LogP contribution in [0.5, 0.6) is 0 Å². The highest BCUT2D eigenvalue weighted by molar-refractivity contribution is 6.62. The summed E-state index contributed by atoms with van der Waals surface area (Å²) in [5.74, 6) is -2.14. The number of carboxylic acid groups (broad SMARTS) is 1. The van der Waals surface area contributed by atoms with Crippen molar-refractivity contribution in [1.29, 1.82) is 5.41 Å². The molecule has 1 saturated heterocycles. The van der Waals surface area contributed by atoms with Crippen LogP contribution in [0.1, 0.15) is 38.2 Å². The van der Waals surface area contributed by atoms with E-state index in [9.17, 15) is 24.3 Å². The molecule has 0 aliphatic carbocycles. The molecule has 1 aliphatic heterocycles. The standard InChI is InChI=1S/C20H30N6O4.C2H3ClO/c21-14(12-13-6-2-1-3-7-13)18(28)26-11-5-9-16(26)17(27)25-15(19(29)30)8-4-10-24-20(22)23;1-2(3)4/h1-3,6-7,14-16H,4-5,8-12,21H2,(H,25,27)(H,29,30)(H4,22,23,24);1H3/t14?,15?,16-;/m0./s1. The minimum absolute atomic E-state index is 0.176. The summed E-state index contributed by atoms with van der Waals surface area (Å²) >= 11 is 4.64. The van der Waals surface area contributed by atoms with E-state index in [0.717, 1.165) is 5.56 Å². The number of aliphatic carboxylic acids is 1. The Balaban J connectivity index is 0.00000133. The molecule has 1 fully saturated rings. The maximum atomic E-state index is 12.8. The van der Waals surface area contributed by atoms with Gasteiger partial charge in [0, 0.05) is 20.0 Å². The highest BCUT2D eigenvalue weighted by Crippen LogP contribution is 2.19. The van der Waals surface area contributed by atoms with Crippen LogP contribution in [0.25, 0.3) is 0 Å². The van der Waals surface area contributed by atoms with Crippen molar-refractivity contribution in [3.8, 4) is 0 Å². The summed E-state index contributed by atoms with van der Waals surface area (Å²) in [5.41, 5.74) is 12.2. The maximum absolute atomic E-state index is 12.8. The largest absolute Gasteiger partial charge is 0.480 e. The zero-order chi connectivity index (χ0) is 25.7. The third-order valence-corrected chi connectivity index (χ3v) is 5.05. The van der Waals surface area contributed by atoms with Gasteiger partial charge in [0.15, 0.2) is 5.96 Å². The molecule has 0 bridgehead atoms. The van der Waals surface area contributed by atoms with Gasteiger partial charge in [-0.15, -0.1) is 0 Å². The number of rotatable bonds is 10. The van der Waals surface area contributed by atoms with E-state index in [1.807, 2.05) is 30.3 Å². The Morgan fingerprint density at radius 2 is 1.88 bits per heavy atom. The summed E-state index contributed by atoms with van der Waals surface area (Å²) in [7, 11) is 0. The van der Waals surface area contributed by atoms with Crippen LogP contribution in [0.2, 0.25) is 0 Å². The van der Waals surface area contributed by atoms with E-state index in [1.165, 1.54) is 11.8 Å². The van der Waals surface area contributed by atoms with Crippen LogP contribution in [0.3, 0.4) is 0 Å². The maximum Gasteiger partial charge on any atom is 0.326 e. The summed E-state index contributed by atoms with van der Waals surface area (Å²) < 4.78 is 0. The van der Waals surface area contributed by atoms with Crippen LogP contribution in [0.4, 0.5) is 0 Å². The minimum atomic E-state index is -1.15. The molecule has 8 N–H and O–H groups in total. The van der Waals surface area contributed by atoms with Crippen molar-refractivity contribution in [3.63, 3.8) is 0 Å². The number of likely N-dealkylation sites (tertiary alicyclic amines) is 1. The fourth-order valence-corrected chi connectivity index (χ4v) is 3.53. The number of amides is 2. The van der Waals surface area contributed by atoms with Gasteiger partial charge in [-0.05, 0) is 49.3 Å². The van der Waals surface area contributed by atoms with E-state index >= 15 is 0 Å². The van der Waals surface area contributed by atoms with Gasteiger partial charge < -0.3 is 32.1 Å². The highest BCUT2D eigenvalue weighted by atomic mass is 35.5. The lowest BCUT2D eigenvalue weighted by Gasteiger charge is -2.28. The average Bonchev–Trinajstić information content (AvgIpc) is 3.25. The van der Waals surface area contributed by atoms with Crippen LogP contribution in [-0.4, -0.2) is 70.2 Å². The number of hydrogen-bond donors (Lipinski definition) is 6. The number of carbonyl (C=O) groups is 4. The molecular formula is C22H33ClN6O5. The van der Waals surface area contributed by atoms with Gasteiger partial charge in [-0.1, -0.05) is 30.3 Å². The molecule has 12 heteroatoms. The molecule has 0 aromatic heterocycles. The first kappa shape index (κ1) is 28.9. The van der Waals surface area contributed by atoms with E-state index < -0.39 is 30.0 Å². The fourth-order valence-electron chi connectivity index (χ4n) is 3.53. The number of benzene rings is 1. The molecule has 1 aromatic rings. The number of hydrogen-bond acceptors (Lipinski definition) is 6. The van der Waals surface area contributed by atoms with E-state index in [2.05, 4.69) is 22.2 Å². The van der Waals surface area contributed by atoms with Crippen molar-refractivity contribution < 1.29 is 24.3 Å². The molecule has 1 aromatic carbocycles. The van der Waals surface area contributed by atoms with Crippen molar-refractivity contribution in [2.75, 3.05) is 13.1 Å². The molecule has 3 atom stereocenters. The molecule has 2 rings (SSSR count). The number of carboxylic acids is 1. The number of nitrogens with two attached hydrogens (primary N) is 2. The van der Waals surface area contributed by atoms with Crippen molar-refractivity contribution >= 4 is 40.6 Å². The lowest BCUT2D eigenvalue weighted by Crippen LogP contribution is -2.54. The minimum Gasteiger partial charge on any atom is -0.480 e. The van der Waals surface area contributed by atoms with Crippen LogP contribution in [0.15, 0.2) is 30.3 Å². The Hall–Kier alpha value is -3.18. The van der Waals surface area contributed by atoms with E-state index in [0.29, 0.717) is 38.8 Å². The fraction of sp³-hybridized carbons (Fsp3) is 0.500. The SMILES string of the molecule is CC(=O)Cl.N=C(N)NCCCC(NC(=O)[C@@H]1CCCN1C(=O)C(N)Cc1ccccc1)C(=O)O. The first-order chi connectivity index (χ1) is 16.0. The van der Waals surface area contributed by atoms with Gasteiger partial charge in [0.05, 0.1) is 6.04 Å². The monoisotopic (exact) mass is 496 g/mol. The molecule has 1 heterocycles. The molecule has 0 radical (unpaired) electrons. The number of nitrogens with one attached hydrogen (secondary N) is 3. The predicted molar refractivity (Wildman–Crippen MR) is 128 cm³/mol. The molecular weight excluding hydrogens is 464 g/mol. The lowest BCUT2D eigenvalue weighted by molar-refractivity contribution is -0.144. The number of halogens is 1. The number of nitrogens with zero attached hydrogens (tertiary/aromatic N) is 1. The van der Waals surface area contributed by atoms with Crippen LogP contribution in [0, 0.1) is 5.41 Å². The van der Waals surface area contributed by atoms with Crippen LogP contribution in [-0.2, 0) is 25.6 Å². The Bertz CT molecular complexity index is 849. The Morgan fingerprint density at radius 3 is 2.44 bits per heavy atom. The third kappa shape index (κ3) is 10.6. The zero-order valence-electron chi connectivity index (χ0n) is 19.1. The van der Waals surface area contributed by atoms with Gasteiger partial charge in [0.2, 0.25) is 17.1 Å². The molecule has 188 valence electrons. The summed E-state index contributed by atoms with van der Waals surface area (Å²) in [6.45, 7) is 2.04. The molecule has 11 nitrogen and oxygen atoms in total. The van der Waals surface area contributed by atoms with Crippen molar-refractivity contribution in [3.05, 3.63) is 35.9 Å². The van der Waals surface area contributed by atoms with Gasteiger partial charge in [-0.25, -0.2) is 4.79 Å². The molecule has 0 saturated carbocycles. The second-order valence-corrected chi connectivity index (χ2v) is 8.37. The topological polar surface area (TPSA) is 192 Å². The second-order valence-electron chi connectivity index (χ2n) is 7.84. The Kier molecular flexibility index (Phi) is 12.6. The highest BCUT2D eigenvalue weighted by Gasteiger charge is 2.37. The summed E-state index contributed by atoms with van der Waals surface area (Å²) in [4.78, 5) is 47.7. The number of carbonyl (C=O) groups excluding carboxylic acids is 3. The van der Waals surface area contributed by atoms with Gasteiger partial charge in [0.1, 0.15) is 12.1 Å². The molecule has 0 spiro atoms. The van der Waals surface area contributed by atoms with Crippen LogP contribution >= 0.6 is 11.6 Å². The second kappa shape index (κ2) is 14.9. The molecule has 2 amide bonds. The van der Waals surface area contributed by atoms with Gasteiger partial charge in [-0.3, -0.25) is 19.8 Å². The van der Waals surface area contributed by atoms with Crippen LogP contribution < -0.4 is 22.1 Å². The Labute approximate surface area is 203 Å². The Morgan fingerprint density at radius 1 is 1.26 bits per heavy atom. The number of guanidine groups is 1. The molecule has 1 aliphatic rings. The van der Waals surface area contributed by atoms with Gasteiger partial charge >= 0.3 is 5.97 Å². The predicted octanol–water partition coefficient (Wildman–Crippen LogP) is 0.152. The van der Waals surface area contributed by atoms with E-state index in [-0.39, 0.29) is 23.5 Å². The first-order valence-corrected chi connectivity index (χ1v) is 11.3. The summed E-state index contributed by atoms with van der Waals surface area (Å²) in [6.07, 6.45) is 2.07. The molecule has 2 unspecified atom stereocenters. The first-order valence-electron chi connectivity index (χ1n) is 10.9. The van der Waals surface area contributed by atoms with E-state index in [4.69, 9.17) is 16.9 Å². The van der Waals surface area contributed by atoms with Crippen molar-refractivity contribution in [2.45, 2.75) is 57.2 Å². The third-order valence-electron chi connectivity index (χ3n) is 5.05. The summed E-state index contributed by atoms with van der Waals surface area (Å²) in [6, 6.07) is 6.83.